The van der Waals surface area contributed by atoms with Crippen molar-refractivity contribution >= 4 is 23.2 Å². The van der Waals surface area contributed by atoms with Crippen LogP contribution in [0.4, 0.5) is 0 Å². The Hall–Kier alpha value is -3.19. The lowest BCUT2D eigenvalue weighted by atomic mass is 10.0. The summed E-state index contributed by atoms with van der Waals surface area (Å²) in [6.07, 6.45) is 1.73. The number of amides is 1. The van der Waals surface area contributed by atoms with Gasteiger partial charge >= 0.3 is 0 Å². The van der Waals surface area contributed by atoms with Crippen molar-refractivity contribution in [3.63, 3.8) is 0 Å². The molecule has 0 spiro atoms. The van der Waals surface area contributed by atoms with Crippen molar-refractivity contribution in [3.8, 4) is 16.9 Å². The van der Waals surface area contributed by atoms with Gasteiger partial charge in [0, 0.05) is 17.3 Å². The zero-order chi connectivity index (χ0) is 21.9. The molecule has 1 heterocycles. The lowest BCUT2D eigenvalue weighted by Crippen LogP contribution is -2.52. The van der Waals surface area contributed by atoms with Gasteiger partial charge in [-0.2, -0.15) is 5.10 Å². The molecule has 0 saturated heterocycles. The van der Waals surface area contributed by atoms with Gasteiger partial charge in [0.1, 0.15) is 5.69 Å². The summed E-state index contributed by atoms with van der Waals surface area (Å²) in [7, 11) is 0. The van der Waals surface area contributed by atoms with Crippen LogP contribution in [0, 0.1) is 13.8 Å². The highest BCUT2D eigenvalue weighted by atomic mass is 32.1. The molecule has 3 rings (SSSR count). The first-order valence-corrected chi connectivity index (χ1v) is 10.2. The van der Waals surface area contributed by atoms with Gasteiger partial charge in [0.15, 0.2) is 5.11 Å². The maximum Gasteiger partial charge on any atom is 0.273 e. The van der Waals surface area contributed by atoms with Gasteiger partial charge in [0.05, 0.1) is 11.3 Å². The molecular weight excluding hydrogens is 394 g/mol. The third-order valence-corrected chi connectivity index (χ3v) is 4.74. The number of hydrazine groups is 1. The average Bonchev–Trinajstić information content (AvgIpc) is 3.13. The SMILES string of the molecule is Cc1ccc(-c2nn(-c3ccccc3)cc2C(=O)NNC(=S)NC(C)(C)C)cc1C. The average molecular weight is 422 g/mol. The molecule has 0 aliphatic rings. The zero-order valence-corrected chi connectivity index (χ0v) is 18.7. The van der Waals surface area contributed by atoms with E-state index >= 15 is 0 Å². The van der Waals surface area contributed by atoms with E-state index in [2.05, 4.69) is 23.1 Å². The first kappa shape index (κ1) is 21.5. The van der Waals surface area contributed by atoms with Crippen LogP contribution >= 0.6 is 12.2 Å². The minimum atomic E-state index is -0.316. The van der Waals surface area contributed by atoms with Crippen LogP contribution in [0.5, 0.6) is 0 Å². The van der Waals surface area contributed by atoms with Crippen molar-refractivity contribution in [2.24, 2.45) is 0 Å². The Labute approximate surface area is 182 Å². The van der Waals surface area contributed by atoms with E-state index in [-0.39, 0.29) is 11.4 Å². The molecule has 3 aromatic rings. The molecule has 0 saturated carbocycles. The third-order valence-electron chi connectivity index (χ3n) is 4.54. The molecule has 0 fully saturated rings. The number of thiocarbonyl (C=S) groups is 1. The number of hydrogen-bond acceptors (Lipinski definition) is 3. The van der Waals surface area contributed by atoms with E-state index in [1.165, 1.54) is 5.56 Å². The number of aryl methyl sites for hydroxylation is 2. The van der Waals surface area contributed by atoms with Gasteiger partial charge in [0.2, 0.25) is 0 Å². The Balaban J connectivity index is 1.93. The lowest BCUT2D eigenvalue weighted by molar-refractivity contribution is 0.0944. The van der Waals surface area contributed by atoms with E-state index in [4.69, 9.17) is 17.3 Å². The fourth-order valence-electron chi connectivity index (χ4n) is 2.91. The molecule has 7 heteroatoms. The molecule has 1 aromatic heterocycles. The number of benzene rings is 2. The fourth-order valence-corrected chi connectivity index (χ4v) is 3.26. The van der Waals surface area contributed by atoms with Gasteiger partial charge in [-0.1, -0.05) is 30.3 Å². The summed E-state index contributed by atoms with van der Waals surface area (Å²) in [5, 5.41) is 8.16. The van der Waals surface area contributed by atoms with Crippen LogP contribution < -0.4 is 16.2 Å². The normalized spacial score (nSPS) is 11.1. The summed E-state index contributed by atoms with van der Waals surface area (Å²) in [5.74, 6) is -0.316. The van der Waals surface area contributed by atoms with Crippen molar-refractivity contribution in [3.05, 3.63) is 71.4 Å². The molecule has 0 aliphatic carbocycles. The van der Waals surface area contributed by atoms with Crippen molar-refractivity contribution in [1.82, 2.24) is 25.9 Å². The van der Waals surface area contributed by atoms with Gasteiger partial charge in [-0.05, 0) is 76.2 Å². The second-order valence-electron chi connectivity index (χ2n) is 8.25. The molecule has 3 N–H and O–H groups in total. The number of hydrogen-bond donors (Lipinski definition) is 3. The third kappa shape index (κ3) is 5.24. The molecular formula is C23H27N5OS. The first-order valence-electron chi connectivity index (χ1n) is 9.75. The molecule has 0 unspecified atom stereocenters. The molecule has 0 radical (unpaired) electrons. The van der Waals surface area contributed by atoms with E-state index in [1.54, 1.807) is 10.9 Å². The van der Waals surface area contributed by atoms with Crippen molar-refractivity contribution in [2.75, 3.05) is 0 Å². The maximum atomic E-state index is 13.0. The topological polar surface area (TPSA) is 71.0 Å². The summed E-state index contributed by atoms with van der Waals surface area (Å²) in [4.78, 5) is 13.0. The number of nitrogens with zero attached hydrogens (tertiary/aromatic N) is 2. The van der Waals surface area contributed by atoms with Crippen molar-refractivity contribution in [2.45, 2.75) is 40.2 Å². The van der Waals surface area contributed by atoms with E-state index in [0.717, 1.165) is 16.8 Å². The highest BCUT2D eigenvalue weighted by molar-refractivity contribution is 7.80. The molecule has 1 amide bonds. The lowest BCUT2D eigenvalue weighted by Gasteiger charge is -2.23. The quantitative estimate of drug-likeness (QED) is 0.439. The van der Waals surface area contributed by atoms with Crippen LogP contribution in [0.2, 0.25) is 0 Å². The van der Waals surface area contributed by atoms with Crippen molar-refractivity contribution < 1.29 is 4.79 Å². The number of para-hydroxylation sites is 1. The predicted octanol–water partition coefficient (Wildman–Crippen LogP) is 4.06. The highest BCUT2D eigenvalue weighted by Gasteiger charge is 2.20. The Morgan fingerprint density at radius 1 is 1.00 bits per heavy atom. The summed E-state index contributed by atoms with van der Waals surface area (Å²) in [6, 6.07) is 15.8. The molecule has 30 heavy (non-hydrogen) atoms. The predicted molar refractivity (Wildman–Crippen MR) is 125 cm³/mol. The number of aromatic nitrogens is 2. The zero-order valence-electron chi connectivity index (χ0n) is 17.9. The van der Waals surface area contributed by atoms with Crippen LogP contribution in [0.1, 0.15) is 42.3 Å². The van der Waals surface area contributed by atoms with Gasteiger partial charge < -0.3 is 5.32 Å². The number of nitrogens with one attached hydrogen (secondary N) is 3. The van der Waals surface area contributed by atoms with Crippen LogP contribution in [0.3, 0.4) is 0 Å². The van der Waals surface area contributed by atoms with Gasteiger partial charge in [-0.3, -0.25) is 15.6 Å². The molecule has 6 nitrogen and oxygen atoms in total. The number of carbonyl (C=O) groups is 1. The summed E-state index contributed by atoms with van der Waals surface area (Å²) >= 11 is 5.25. The monoisotopic (exact) mass is 421 g/mol. The summed E-state index contributed by atoms with van der Waals surface area (Å²) < 4.78 is 1.71. The van der Waals surface area contributed by atoms with Crippen molar-refractivity contribution in [1.29, 1.82) is 0 Å². The van der Waals surface area contributed by atoms with Crippen LogP contribution in [0.25, 0.3) is 16.9 Å². The summed E-state index contributed by atoms with van der Waals surface area (Å²) in [6.45, 7) is 10.1. The second-order valence-corrected chi connectivity index (χ2v) is 8.66. The van der Waals surface area contributed by atoms with Crippen LogP contribution in [0.15, 0.2) is 54.7 Å². The van der Waals surface area contributed by atoms with E-state index in [1.807, 2.05) is 76.2 Å². The Morgan fingerprint density at radius 3 is 2.33 bits per heavy atom. The Kier molecular flexibility index (Phi) is 6.22. The van der Waals surface area contributed by atoms with E-state index < -0.39 is 0 Å². The van der Waals surface area contributed by atoms with Gasteiger partial charge in [-0.15, -0.1) is 0 Å². The molecule has 156 valence electrons. The van der Waals surface area contributed by atoms with Gasteiger partial charge in [0.25, 0.3) is 5.91 Å². The standard InChI is InChI=1S/C23H27N5OS/c1-15-11-12-17(13-16(15)2)20-19(14-28(27-20)18-9-7-6-8-10-18)21(29)25-26-22(30)24-23(3,4)5/h6-14H,1-5H3,(H,25,29)(H2,24,26,30). The molecule has 0 bridgehead atoms. The first-order chi connectivity index (χ1) is 14.1. The smallest absolute Gasteiger partial charge is 0.273 e. The van der Waals surface area contributed by atoms with Gasteiger partial charge in [-0.25, -0.2) is 4.68 Å². The number of carbonyl (C=O) groups excluding carboxylic acids is 1. The fraction of sp³-hybridized carbons (Fsp3) is 0.261. The van der Waals surface area contributed by atoms with E-state index in [0.29, 0.717) is 16.4 Å². The van der Waals surface area contributed by atoms with Crippen LogP contribution in [-0.4, -0.2) is 26.3 Å². The maximum absolute atomic E-state index is 13.0. The summed E-state index contributed by atoms with van der Waals surface area (Å²) in [5.41, 5.74) is 10.4. The largest absolute Gasteiger partial charge is 0.357 e. The Bertz CT molecular complexity index is 1070. The highest BCUT2D eigenvalue weighted by Crippen LogP contribution is 2.25. The van der Waals surface area contributed by atoms with E-state index in [9.17, 15) is 4.79 Å². The number of rotatable bonds is 3. The molecule has 0 atom stereocenters. The minimum Gasteiger partial charge on any atom is -0.357 e. The van der Waals surface area contributed by atoms with Crippen LogP contribution in [-0.2, 0) is 0 Å². The Morgan fingerprint density at radius 2 is 1.70 bits per heavy atom. The minimum absolute atomic E-state index is 0.211. The molecule has 0 aliphatic heterocycles. The molecule has 2 aromatic carbocycles. The second kappa shape index (κ2) is 8.67.